The number of amides is 1. The van der Waals surface area contributed by atoms with Gasteiger partial charge in [-0.05, 0) is 24.5 Å². The van der Waals surface area contributed by atoms with Crippen molar-refractivity contribution in [2.24, 2.45) is 0 Å². The van der Waals surface area contributed by atoms with Gasteiger partial charge in [0.05, 0.1) is 12.1 Å². The Morgan fingerprint density at radius 2 is 1.57 bits per heavy atom. The normalized spacial score (nSPS) is 20.2. The number of piperidine rings is 1. The summed E-state index contributed by atoms with van der Waals surface area (Å²) in [7, 11) is 0. The van der Waals surface area contributed by atoms with E-state index in [-0.39, 0.29) is 5.91 Å². The Labute approximate surface area is 165 Å². The summed E-state index contributed by atoms with van der Waals surface area (Å²) in [5.41, 5.74) is 0.126. The van der Waals surface area contributed by atoms with Crippen LogP contribution < -0.4 is 4.90 Å². The highest BCUT2D eigenvalue weighted by molar-refractivity contribution is 5.78. The lowest BCUT2D eigenvalue weighted by atomic mass is 9.84. The van der Waals surface area contributed by atoms with Gasteiger partial charge in [0, 0.05) is 51.7 Å². The van der Waals surface area contributed by atoms with Crippen LogP contribution in [0.25, 0.3) is 0 Å². The molecular weight excluding hydrogens is 354 g/mol. The summed E-state index contributed by atoms with van der Waals surface area (Å²) < 4.78 is 0. The van der Waals surface area contributed by atoms with Crippen molar-refractivity contribution in [1.29, 1.82) is 0 Å². The van der Waals surface area contributed by atoms with Crippen molar-refractivity contribution in [3.8, 4) is 0 Å². The van der Waals surface area contributed by atoms with E-state index in [1.807, 2.05) is 41.3 Å². The van der Waals surface area contributed by atoms with Crippen LogP contribution in [0.2, 0.25) is 0 Å². The molecule has 1 aromatic heterocycles. The molecule has 1 N–H and O–H groups in total. The lowest BCUT2D eigenvalue weighted by Gasteiger charge is -2.40. The summed E-state index contributed by atoms with van der Waals surface area (Å²) >= 11 is 0. The van der Waals surface area contributed by atoms with Crippen LogP contribution in [0.5, 0.6) is 0 Å². The highest BCUT2D eigenvalue weighted by atomic mass is 16.3. The number of anilines is 1. The van der Waals surface area contributed by atoms with Crippen LogP contribution >= 0.6 is 0 Å². The molecule has 148 valence electrons. The van der Waals surface area contributed by atoms with E-state index in [0.717, 1.165) is 37.7 Å². The Bertz CT molecular complexity index is 770. The summed E-state index contributed by atoms with van der Waals surface area (Å²) in [5.74, 6) is 0.907. The van der Waals surface area contributed by atoms with Gasteiger partial charge in [-0.25, -0.2) is 9.97 Å². The molecule has 28 heavy (non-hydrogen) atoms. The van der Waals surface area contributed by atoms with Gasteiger partial charge in [0.25, 0.3) is 0 Å². The predicted molar refractivity (Wildman–Crippen MR) is 107 cm³/mol. The highest BCUT2D eigenvalue weighted by Gasteiger charge is 2.35. The number of benzene rings is 1. The van der Waals surface area contributed by atoms with Crippen molar-refractivity contribution < 1.29 is 9.90 Å². The molecule has 2 aromatic rings. The lowest BCUT2D eigenvalue weighted by molar-refractivity contribution is -0.137. The van der Waals surface area contributed by atoms with E-state index in [1.54, 1.807) is 12.4 Å². The van der Waals surface area contributed by atoms with Crippen LogP contribution in [0.1, 0.15) is 18.4 Å². The summed E-state index contributed by atoms with van der Waals surface area (Å²) in [6.07, 6.45) is 4.68. The number of carbonyl (C=O) groups is 1. The van der Waals surface area contributed by atoms with Crippen LogP contribution in [0.15, 0.2) is 48.8 Å². The Morgan fingerprint density at radius 1 is 0.929 bits per heavy atom. The molecule has 0 radical (unpaired) electrons. The number of likely N-dealkylation sites (tertiary alicyclic amines) is 1. The van der Waals surface area contributed by atoms with Crippen molar-refractivity contribution in [3.05, 3.63) is 54.4 Å². The minimum Gasteiger partial charge on any atom is -0.385 e. The third kappa shape index (κ3) is 4.15. The standard InChI is InChI=1S/C21H27N5O2/c27-19(17-24-13-15-26(16-14-24)20-22-9-4-10-23-20)25-11-7-21(28,8-12-25)18-5-2-1-3-6-18/h1-6,9-10,28H,7-8,11-17H2. The van der Waals surface area contributed by atoms with Gasteiger partial charge in [0.15, 0.2) is 0 Å². The number of nitrogens with zero attached hydrogens (tertiary/aromatic N) is 5. The maximum absolute atomic E-state index is 12.7. The molecule has 2 saturated heterocycles. The summed E-state index contributed by atoms with van der Waals surface area (Å²) in [6.45, 7) is 4.94. The smallest absolute Gasteiger partial charge is 0.236 e. The van der Waals surface area contributed by atoms with Gasteiger partial charge in [-0.3, -0.25) is 9.69 Å². The Morgan fingerprint density at radius 3 is 2.21 bits per heavy atom. The monoisotopic (exact) mass is 381 g/mol. The van der Waals surface area contributed by atoms with E-state index in [2.05, 4.69) is 19.8 Å². The summed E-state index contributed by atoms with van der Waals surface area (Å²) in [4.78, 5) is 27.6. The molecule has 0 atom stereocenters. The first-order valence-corrected chi connectivity index (χ1v) is 9.94. The van der Waals surface area contributed by atoms with Crippen molar-refractivity contribution >= 4 is 11.9 Å². The molecule has 7 nitrogen and oxygen atoms in total. The number of carbonyl (C=O) groups excluding carboxylic acids is 1. The molecule has 4 rings (SSSR count). The fourth-order valence-corrected chi connectivity index (χ4v) is 4.01. The van der Waals surface area contributed by atoms with E-state index in [4.69, 9.17) is 0 Å². The topological polar surface area (TPSA) is 72.8 Å². The maximum atomic E-state index is 12.7. The van der Waals surface area contributed by atoms with Gasteiger partial charge in [-0.15, -0.1) is 0 Å². The van der Waals surface area contributed by atoms with Gasteiger partial charge in [-0.2, -0.15) is 0 Å². The second kappa shape index (κ2) is 8.24. The second-order valence-electron chi connectivity index (χ2n) is 7.59. The zero-order chi connectivity index (χ0) is 19.4. The lowest BCUT2D eigenvalue weighted by Crippen LogP contribution is -2.52. The van der Waals surface area contributed by atoms with Gasteiger partial charge in [-0.1, -0.05) is 30.3 Å². The van der Waals surface area contributed by atoms with Gasteiger partial charge >= 0.3 is 0 Å². The molecule has 0 saturated carbocycles. The molecule has 2 aliphatic rings. The summed E-state index contributed by atoms with van der Waals surface area (Å²) in [6, 6.07) is 11.6. The average Bonchev–Trinajstić information content (AvgIpc) is 2.76. The first-order valence-electron chi connectivity index (χ1n) is 9.94. The fraction of sp³-hybridized carbons (Fsp3) is 0.476. The van der Waals surface area contributed by atoms with Crippen LogP contribution in [0.4, 0.5) is 5.95 Å². The molecule has 0 unspecified atom stereocenters. The second-order valence-corrected chi connectivity index (χ2v) is 7.59. The zero-order valence-corrected chi connectivity index (χ0v) is 16.1. The third-order valence-corrected chi connectivity index (χ3v) is 5.82. The number of hydrogen-bond donors (Lipinski definition) is 1. The van der Waals surface area contributed by atoms with E-state index >= 15 is 0 Å². The van der Waals surface area contributed by atoms with E-state index in [0.29, 0.717) is 32.5 Å². The summed E-state index contributed by atoms with van der Waals surface area (Å²) in [5, 5.41) is 10.9. The molecular formula is C21H27N5O2. The highest BCUT2D eigenvalue weighted by Crippen LogP contribution is 2.32. The average molecular weight is 381 g/mol. The van der Waals surface area contributed by atoms with Crippen molar-refractivity contribution in [2.45, 2.75) is 18.4 Å². The zero-order valence-electron chi connectivity index (χ0n) is 16.1. The number of aliphatic hydroxyl groups is 1. The van der Waals surface area contributed by atoms with Crippen molar-refractivity contribution in [1.82, 2.24) is 19.8 Å². The Kier molecular flexibility index (Phi) is 5.54. The number of rotatable bonds is 4. The molecule has 0 aliphatic carbocycles. The first kappa shape index (κ1) is 18.8. The van der Waals surface area contributed by atoms with Crippen LogP contribution in [0.3, 0.4) is 0 Å². The molecule has 0 bridgehead atoms. The quantitative estimate of drug-likeness (QED) is 0.855. The molecule has 7 heteroatoms. The first-order chi connectivity index (χ1) is 13.6. The number of hydrogen-bond acceptors (Lipinski definition) is 6. The fourth-order valence-electron chi connectivity index (χ4n) is 4.01. The predicted octanol–water partition coefficient (Wildman–Crippen LogP) is 1.11. The molecule has 1 aromatic carbocycles. The van der Waals surface area contributed by atoms with E-state index in [9.17, 15) is 9.90 Å². The van der Waals surface area contributed by atoms with E-state index in [1.165, 1.54) is 0 Å². The maximum Gasteiger partial charge on any atom is 0.236 e. The minimum absolute atomic E-state index is 0.152. The molecule has 3 heterocycles. The van der Waals surface area contributed by atoms with Crippen LogP contribution in [-0.2, 0) is 10.4 Å². The van der Waals surface area contributed by atoms with E-state index < -0.39 is 5.60 Å². The van der Waals surface area contributed by atoms with Gasteiger partial charge < -0.3 is 14.9 Å². The Hall–Kier alpha value is -2.51. The largest absolute Gasteiger partial charge is 0.385 e. The SMILES string of the molecule is O=C(CN1CCN(c2ncccn2)CC1)N1CCC(O)(c2ccccc2)CC1. The van der Waals surface area contributed by atoms with Crippen molar-refractivity contribution in [2.75, 3.05) is 50.7 Å². The molecule has 0 spiro atoms. The number of piperazine rings is 1. The minimum atomic E-state index is -0.820. The van der Waals surface area contributed by atoms with Gasteiger partial charge in [0.2, 0.25) is 11.9 Å². The Balaban J connectivity index is 1.25. The van der Waals surface area contributed by atoms with Gasteiger partial charge in [0.1, 0.15) is 0 Å². The van der Waals surface area contributed by atoms with Crippen molar-refractivity contribution in [3.63, 3.8) is 0 Å². The van der Waals surface area contributed by atoms with Crippen LogP contribution in [-0.4, -0.2) is 76.6 Å². The number of aromatic nitrogens is 2. The molecule has 1 amide bonds. The molecule has 2 aliphatic heterocycles. The van der Waals surface area contributed by atoms with Crippen LogP contribution in [0, 0.1) is 0 Å². The molecule has 2 fully saturated rings. The third-order valence-electron chi connectivity index (χ3n) is 5.82.